The fourth-order valence-corrected chi connectivity index (χ4v) is 1.56. The number of ether oxygens (including phenoxy) is 2. The maximum absolute atomic E-state index is 12.0. The van der Waals surface area contributed by atoms with Crippen molar-refractivity contribution >= 4 is 11.7 Å². The second-order valence-corrected chi connectivity index (χ2v) is 3.61. The highest BCUT2D eigenvalue weighted by Gasteiger charge is 2.18. The lowest BCUT2D eigenvalue weighted by atomic mass is 10.3. The highest BCUT2D eigenvalue weighted by molar-refractivity contribution is 5.94. The Bertz CT molecular complexity index is 558. The van der Waals surface area contributed by atoms with Crippen molar-refractivity contribution in [3.8, 4) is 11.5 Å². The van der Waals surface area contributed by atoms with E-state index in [-0.39, 0.29) is 11.4 Å². The molecule has 0 fully saturated rings. The van der Waals surface area contributed by atoms with Crippen LogP contribution in [0.1, 0.15) is 10.5 Å². The van der Waals surface area contributed by atoms with Crippen LogP contribution in [0.3, 0.4) is 0 Å². The third kappa shape index (κ3) is 2.13. The summed E-state index contributed by atoms with van der Waals surface area (Å²) in [7, 11) is 3.13. The number of hydrogen-bond donors (Lipinski definition) is 1. The monoisotopic (exact) mass is 247 g/mol. The van der Waals surface area contributed by atoms with Gasteiger partial charge >= 0.3 is 5.97 Å². The van der Waals surface area contributed by atoms with Crippen molar-refractivity contribution in [1.29, 1.82) is 0 Å². The second kappa shape index (κ2) is 4.79. The first kappa shape index (κ1) is 12.0. The number of benzene rings is 1. The number of nitrogens with zero attached hydrogens (tertiary/aromatic N) is 2. The summed E-state index contributed by atoms with van der Waals surface area (Å²) in [5, 5.41) is 3.88. The number of esters is 1. The Morgan fingerprint density at radius 2 is 2.00 bits per heavy atom. The number of rotatable bonds is 3. The molecule has 94 valence electrons. The van der Waals surface area contributed by atoms with Gasteiger partial charge in [0.1, 0.15) is 0 Å². The van der Waals surface area contributed by atoms with Crippen molar-refractivity contribution < 1.29 is 14.3 Å². The zero-order valence-electron chi connectivity index (χ0n) is 10.1. The average Bonchev–Trinajstić information content (AvgIpc) is 2.69. The third-order valence-electron chi connectivity index (χ3n) is 2.43. The Morgan fingerprint density at radius 3 is 2.56 bits per heavy atom. The number of nitrogens with two attached hydrogens (primary N) is 1. The van der Waals surface area contributed by atoms with E-state index in [0.717, 1.165) is 0 Å². The number of nitrogen functional groups attached to an aromatic ring is 1. The van der Waals surface area contributed by atoms with Crippen molar-refractivity contribution in [3.05, 3.63) is 36.2 Å². The number of aryl methyl sites for hydroxylation is 1. The maximum atomic E-state index is 12.0. The van der Waals surface area contributed by atoms with Gasteiger partial charge in [-0.15, -0.1) is 0 Å². The first-order chi connectivity index (χ1) is 8.63. The fourth-order valence-electron chi connectivity index (χ4n) is 1.56. The fraction of sp³-hybridized carbons (Fsp3) is 0.167. The Morgan fingerprint density at radius 1 is 1.33 bits per heavy atom. The molecule has 0 radical (unpaired) electrons. The molecule has 0 saturated carbocycles. The van der Waals surface area contributed by atoms with Crippen LogP contribution in [-0.2, 0) is 7.05 Å². The molecule has 18 heavy (non-hydrogen) atoms. The SMILES string of the molecule is COc1ccccc1OC(=O)c1c(N)cnn1C. The van der Waals surface area contributed by atoms with Gasteiger partial charge in [0.15, 0.2) is 17.2 Å². The van der Waals surface area contributed by atoms with Crippen LogP contribution < -0.4 is 15.2 Å². The van der Waals surface area contributed by atoms with Gasteiger partial charge in [-0.25, -0.2) is 4.79 Å². The summed E-state index contributed by atoms with van der Waals surface area (Å²) in [5.74, 6) is 0.245. The number of anilines is 1. The largest absolute Gasteiger partial charge is 0.493 e. The first-order valence-corrected chi connectivity index (χ1v) is 5.26. The van der Waals surface area contributed by atoms with Gasteiger partial charge < -0.3 is 15.2 Å². The van der Waals surface area contributed by atoms with Gasteiger partial charge in [-0.1, -0.05) is 12.1 Å². The summed E-state index contributed by atoms with van der Waals surface area (Å²) >= 11 is 0. The molecule has 0 unspecified atom stereocenters. The lowest BCUT2D eigenvalue weighted by Gasteiger charge is -2.09. The van der Waals surface area contributed by atoms with Crippen LogP contribution in [0.15, 0.2) is 30.5 Å². The van der Waals surface area contributed by atoms with E-state index in [1.807, 2.05) is 0 Å². The molecular formula is C12H13N3O3. The molecule has 0 aliphatic heterocycles. The smallest absolute Gasteiger partial charge is 0.364 e. The van der Waals surface area contributed by atoms with Crippen LogP contribution in [0.2, 0.25) is 0 Å². The van der Waals surface area contributed by atoms with Crippen molar-refractivity contribution in [2.75, 3.05) is 12.8 Å². The van der Waals surface area contributed by atoms with Gasteiger partial charge in [-0.05, 0) is 12.1 Å². The number of hydrogen-bond acceptors (Lipinski definition) is 5. The molecule has 2 rings (SSSR count). The zero-order valence-corrected chi connectivity index (χ0v) is 10.1. The minimum atomic E-state index is -0.572. The molecule has 0 bridgehead atoms. The molecule has 6 heteroatoms. The van der Waals surface area contributed by atoms with E-state index in [9.17, 15) is 4.79 Å². The van der Waals surface area contributed by atoms with Gasteiger partial charge in [-0.2, -0.15) is 5.10 Å². The minimum absolute atomic E-state index is 0.209. The van der Waals surface area contributed by atoms with E-state index >= 15 is 0 Å². The van der Waals surface area contributed by atoms with Crippen molar-refractivity contribution in [3.63, 3.8) is 0 Å². The van der Waals surface area contributed by atoms with Gasteiger partial charge in [-0.3, -0.25) is 4.68 Å². The van der Waals surface area contributed by atoms with E-state index in [0.29, 0.717) is 11.5 Å². The summed E-state index contributed by atoms with van der Waals surface area (Å²) in [6, 6.07) is 6.88. The number of methoxy groups -OCH3 is 1. The Kier molecular flexibility index (Phi) is 3.18. The van der Waals surface area contributed by atoms with E-state index in [1.165, 1.54) is 18.0 Å². The van der Waals surface area contributed by atoms with E-state index < -0.39 is 5.97 Å². The predicted octanol–water partition coefficient (Wildman–Crippen LogP) is 1.23. The number of carbonyl (C=O) groups is 1. The van der Waals surface area contributed by atoms with E-state index in [1.54, 1.807) is 31.3 Å². The van der Waals surface area contributed by atoms with Crippen LogP contribution in [-0.4, -0.2) is 22.9 Å². The van der Waals surface area contributed by atoms with Crippen molar-refractivity contribution in [1.82, 2.24) is 9.78 Å². The van der Waals surface area contributed by atoms with Crippen LogP contribution in [0.25, 0.3) is 0 Å². The van der Waals surface area contributed by atoms with Gasteiger partial charge in [0.05, 0.1) is 19.0 Å². The molecule has 2 N–H and O–H groups in total. The van der Waals surface area contributed by atoms with Crippen LogP contribution in [0.4, 0.5) is 5.69 Å². The zero-order chi connectivity index (χ0) is 13.1. The summed E-state index contributed by atoms with van der Waals surface area (Å²) in [5.41, 5.74) is 6.14. The number of carbonyl (C=O) groups excluding carboxylic acids is 1. The molecule has 0 atom stereocenters. The third-order valence-corrected chi connectivity index (χ3v) is 2.43. The number of aromatic nitrogens is 2. The normalized spacial score (nSPS) is 10.1. The lowest BCUT2D eigenvalue weighted by molar-refractivity contribution is 0.0719. The molecular weight excluding hydrogens is 234 g/mol. The predicted molar refractivity (Wildman–Crippen MR) is 65.6 cm³/mol. The molecule has 2 aromatic rings. The van der Waals surface area contributed by atoms with Crippen LogP contribution in [0.5, 0.6) is 11.5 Å². The maximum Gasteiger partial charge on any atom is 0.364 e. The Balaban J connectivity index is 2.27. The highest BCUT2D eigenvalue weighted by Crippen LogP contribution is 2.27. The number of para-hydroxylation sites is 2. The van der Waals surface area contributed by atoms with Crippen LogP contribution in [0, 0.1) is 0 Å². The minimum Gasteiger partial charge on any atom is -0.493 e. The summed E-state index contributed by atoms with van der Waals surface area (Å²) in [4.78, 5) is 12.0. The highest BCUT2D eigenvalue weighted by atomic mass is 16.6. The lowest BCUT2D eigenvalue weighted by Crippen LogP contribution is -2.15. The van der Waals surface area contributed by atoms with Gasteiger partial charge in [0.25, 0.3) is 0 Å². The summed E-state index contributed by atoms with van der Waals surface area (Å²) in [6.45, 7) is 0. The van der Waals surface area contributed by atoms with Crippen molar-refractivity contribution in [2.24, 2.45) is 7.05 Å². The second-order valence-electron chi connectivity index (χ2n) is 3.61. The van der Waals surface area contributed by atoms with Crippen molar-refractivity contribution in [2.45, 2.75) is 0 Å². The molecule has 1 heterocycles. The molecule has 6 nitrogen and oxygen atoms in total. The molecule has 0 aliphatic carbocycles. The molecule has 0 spiro atoms. The summed E-state index contributed by atoms with van der Waals surface area (Å²) in [6.07, 6.45) is 1.40. The molecule has 0 saturated heterocycles. The average molecular weight is 247 g/mol. The summed E-state index contributed by atoms with van der Waals surface area (Å²) < 4.78 is 11.7. The first-order valence-electron chi connectivity index (χ1n) is 5.26. The van der Waals surface area contributed by atoms with Crippen LogP contribution >= 0.6 is 0 Å². The molecule has 1 aromatic carbocycles. The quantitative estimate of drug-likeness (QED) is 0.651. The molecule has 0 amide bonds. The molecule has 1 aromatic heterocycles. The van der Waals surface area contributed by atoms with E-state index in [4.69, 9.17) is 15.2 Å². The Labute approximate surface area is 104 Å². The van der Waals surface area contributed by atoms with E-state index in [2.05, 4.69) is 5.10 Å². The van der Waals surface area contributed by atoms with Gasteiger partial charge in [0, 0.05) is 7.05 Å². The Hall–Kier alpha value is -2.50. The topological polar surface area (TPSA) is 79.4 Å². The standard InChI is InChI=1S/C12H13N3O3/c1-15-11(8(13)7-14-15)12(16)18-10-6-4-3-5-9(10)17-2/h3-7H,13H2,1-2H3. The van der Waals surface area contributed by atoms with Gasteiger partial charge in [0.2, 0.25) is 0 Å². The molecule has 0 aliphatic rings.